The van der Waals surface area contributed by atoms with Crippen molar-refractivity contribution >= 4 is 13.6 Å². The Balaban J connectivity index is 3.20. The van der Waals surface area contributed by atoms with Gasteiger partial charge in [-0.05, 0) is 29.8 Å². The van der Waals surface area contributed by atoms with Gasteiger partial charge in [-0.1, -0.05) is 38.1 Å². The van der Waals surface area contributed by atoms with Crippen LogP contribution in [0, 0.1) is 0 Å². The van der Waals surface area contributed by atoms with Gasteiger partial charge < -0.3 is 4.11 Å². The van der Waals surface area contributed by atoms with Crippen LogP contribution in [0.5, 0.6) is 0 Å². The van der Waals surface area contributed by atoms with Gasteiger partial charge in [-0.25, -0.2) is 0 Å². The van der Waals surface area contributed by atoms with Crippen molar-refractivity contribution in [2.75, 3.05) is 0 Å². The van der Waals surface area contributed by atoms with Crippen molar-refractivity contribution < 1.29 is 4.11 Å². The molecule has 13 heavy (non-hydrogen) atoms. The average molecular weight is 196 g/mol. The molecular formula is C11H17FSi. The first-order chi connectivity index (χ1) is 5.93. The topological polar surface area (TPSA) is 0 Å². The van der Waals surface area contributed by atoms with Crippen molar-refractivity contribution in [3.63, 3.8) is 0 Å². The maximum Gasteiger partial charge on any atom is 0.271 e. The van der Waals surface area contributed by atoms with Crippen LogP contribution in [0.1, 0.15) is 25.3 Å². The number of halogens is 1. The van der Waals surface area contributed by atoms with Gasteiger partial charge >= 0.3 is 0 Å². The highest BCUT2D eigenvalue weighted by Gasteiger charge is 2.26. The molecule has 0 aliphatic carbocycles. The predicted molar refractivity (Wildman–Crippen MR) is 58.8 cm³/mol. The Morgan fingerprint density at radius 1 is 1.15 bits per heavy atom. The number of hydrogen-bond acceptors (Lipinski definition) is 0. The van der Waals surface area contributed by atoms with E-state index in [2.05, 4.69) is 13.8 Å². The zero-order valence-corrected chi connectivity index (χ0v) is 9.76. The van der Waals surface area contributed by atoms with Gasteiger partial charge in [0.1, 0.15) is 0 Å². The molecule has 0 aliphatic rings. The first-order valence-corrected chi connectivity index (χ1v) is 7.59. The fraction of sp³-hybridized carbons (Fsp3) is 0.455. The van der Waals surface area contributed by atoms with Gasteiger partial charge in [0.15, 0.2) is 0 Å². The summed E-state index contributed by atoms with van der Waals surface area (Å²) >= 11 is 0. The summed E-state index contributed by atoms with van der Waals surface area (Å²) in [7, 11) is -2.64. The fourth-order valence-electron chi connectivity index (χ4n) is 1.54. The molecule has 0 saturated carbocycles. The van der Waals surface area contributed by atoms with Crippen LogP contribution in [0.15, 0.2) is 24.3 Å². The van der Waals surface area contributed by atoms with E-state index in [-0.39, 0.29) is 0 Å². The summed E-state index contributed by atoms with van der Waals surface area (Å²) in [6.45, 7) is 7.71. The molecule has 1 rings (SSSR count). The lowest BCUT2D eigenvalue weighted by atomic mass is 10.0. The number of rotatable bonds is 2. The number of hydrogen-bond donors (Lipinski definition) is 0. The van der Waals surface area contributed by atoms with E-state index in [4.69, 9.17) is 0 Å². The second kappa shape index (κ2) is 3.62. The second-order valence-electron chi connectivity index (χ2n) is 4.21. The monoisotopic (exact) mass is 196 g/mol. The molecule has 0 heterocycles. The molecule has 1 aromatic carbocycles. The molecule has 0 nitrogen and oxygen atoms in total. The molecule has 0 aromatic heterocycles. The zero-order chi connectivity index (χ0) is 10.1. The molecule has 0 N–H and O–H groups in total. The summed E-state index contributed by atoms with van der Waals surface area (Å²) in [6.07, 6.45) is 0. The summed E-state index contributed by atoms with van der Waals surface area (Å²) in [5.41, 5.74) is 1.17. The fourth-order valence-corrected chi connectivity index (χ4v) is 3.09. The Labute approximate surface area is 81.0 Å². The van der Waals surface area contributed by atoms with Crippen molar-refractivity contribution in [2.45, 2.75) is 32.9 Å². The van der Waals surface area contributed by atoms with E-state index in [9.17, 15) is 4.11 Å². The standard InChI is InChI=1S/C11H17FSi/c1-9(2)10-7-5-6-8-11(10)13(3,4)12/h5-9H,1-4H3. The Kier molecular flexibility index (Phi) is 2.91. The largest absolute Gasteiger partial charge is 0.308 e. The highest BCUT2D eigenvalue weighted by molar-refractivity contribution is 6.84. The Bertz CT molecular complexity index is 286. The normalized spacial score (nSPS) is 12.2. The molecule has 0 amide bonds. The van der Waals surface area contributed by atoms with Gasteiger partial charge in [-0.3, -0.25) is 0 Å². The predicted octanol–water partition coefficient (Wildman–Crippen LogP) is 3.19. The van der Waals surface area contributed by atoms with Gasteiger partial charge in [-0.15, -0.1) is 0 Å². The highest BCUT2D eigenvalue weighted by Crippen LogP contribution is 2.16. The summed E-state index contributed by atoms with van der Waals surface area (Å²) in [6, 6.07) is 7.88. The van der Waals surface area contributed by atoms with Crippen LogP contribution in [-0.2, 0) is 0 Å². The van der Waals surface area contributed by atoms with Crippen molar-refractivity contribution in [3.8, 4) is 0 Å². The van der Waals surface area contributed by atoms with Gasteiger partial charge in [0.05, 0.1) is 0 Å². The molecule has 1 aromatic rings. The molecule has 2 heteroatoms. The third kappa shape index (κ3) is 2.40. The zero-order valence-electron chi connectivity index (χ0n) is 8.76. The van der Waals surface area contributed by atoms with Crippen molar-refractivity contribution in [1.29, 1.82) is 0 Å². The Morgan fingerprint density at radius 2 is 1.69 bits per heavy atom. The highest BCUT2D eigenvalue weighted by atomic mass is 28.4. The lowest BCUT2D eigenvalue weighted by molar-refractivity contribution is 0.812. The SMILES string of the molecule is CC(C)c1ccccc1[Si](C)(C)F. The minimum absolute atomic E-state index is 0.415. The summed E-state index contributed by atoms with van der Waals surface area (Å²) < 4.78 is 13.9. The lowest BCUT2D eigenvalue weighted by Gasteiger charge is -2.18. The van der Waals surface area contributed by atoms with E-state index in [1.807, 2.05) is 24.3 Å². The molecule has 0 aliphatic heterocycles. The van der Waals surface area contributed by atoms with Gasteiger partial charge in [0.25, 0.3) is 8.41 Å². The summed E-state index contributed by atoms with van der Waals surface area (Å²) in [5, 5.41) is 0.949. The summed E-state index contributed by atoms with van der Waals surface area (Å²) in [5.74, 6) is 0.415. The molecular weight excluding hydrogens is 179 g/mol. The van der Waals surface area contributed by atoms with Crippen LogP contribution in [0.4, 0.5) is 4.11 Å². The average Bonchev–Trinajstić information content (AvgIpc) is 2.03. The quantitative estimate of drug-likeness (QED) is 0.503. The summed E-state index contributed by atoms with van der Waals surface area (Å²) in [4.78, 5) is 0. The van der Waals surface area contributed by atoms with E-state index < -0.39 is 8.41 Å². The van der Waals surface area contributed by atoms with Crippen molar-refractivity contribution in [3.05, 3.63) is 29.8 Å². The lowest BCUT2D eigenvalue weighted by Crippen LogP contribution is -2.39. The molecule has 0 bridgehead atoms. The first kappa shape index (κ1) is 10.4. The van der Waals surface area contributed by atoms with Crippen LogP contribution in [-0.4, -0.2) is 8.41 Å². The number of benzene rings is 1. The molecule has 0 unspecified atom stereocenters. The van der Waals surface area contributed by atoms with Crippen molar-refractivity contribution in [2.24, 2.45) is 0 Å². The third-order valence-corrected chi connectivity index (χ3v) is 3.96. The molecule has 0 fully saturated rings. The van der Waals surface area contributed by atoms with Gasteiger partial charge in [0.2, 0.25) is 0 Å². The van der Waals surface area contributed by atoms with Crippen LogP contribution < -0.4 is 5.19 Å². The van der Waals surface area contributed by atoms with Crippen LogP contribution in [0.2, 0.25) is 13.1 Å². The molecule has 72 valence electrons. The van der Waals surface area contributed by atoms with E-state index in [0.29, 0.717) is 5.92 Å². The van der Waals surface area contributed by atoms with Gasteiger partial charge in [0, 0.05) is 0 Å². The maximum atomic E-state index is 13.9. The Morgan fingerprint density at radius 3 is 2.08 bits per heavy atom. The van der Waals surface area contributed by atoms with Crippen LogP contribution in [0.3, 0.4) is 0 Å². The third-order valence-electron chi connectivity index (χ3n) is 2.22. The molecule has 0 saturated heterocycles. The maximum absolute atomic E-state index is 13.9. The van der Waals surface area contributed by atoms with Gasteiger partial charge in [-0.2, -0.15) is 0 Å². The van der Waals surface area contributed by atoms with E-state index >= 15 is 0 Å². The minimum Gasteiger partial charge on any atom is -0.308 e. The second-order valence-corrected chi connectivity index (χ2v) is 7.70. The van der Waals surface area contributed by atoms with Crippen molar-refractivity contribution in [1.82, 2.24) is 0 Å². The molecule has 0 atom stereocenters. The van der Waals surface area contributed by atoms with E-state index in [0.717, 1.165) is 5.19 Å². The minimum atomic E-state index is -2.64. The first-order valence-electron chi connectivity index (χ1n) is 4.71. The van der Waals surface area contributed by atoms with Crippen LogP contribution in [0.25, 0.3) is 0 Å². The van der Waals surface area contributed by atoms with E-state index in [1.165, 1.54) is 5.56 Å². The molecule has 0 radical (unpaired) electrons. The molecule has 0 spiro atoms. The van der Waals surface area contributed by atoms with Crippen LogP contribution >= 0.6 is 0 Å². The Hall–Kier alpha value is -0.633. The van der Waals surface area contributed by atoms with E-state index in [1.54, 1.807) is 13.1 Å². The smallest absolute Gasteiger partial charge is 0.271 e.